The van der Waals surface area contributed by atoms with E-state index in [0.29, 0.717) is 31.1 Å². The Bertz CT molecular complexity index is 995. The zero-order chi connectivity index (χ0) is 21.2. The van der Waals surface area contributed by atoms with Crippen molar-refractivity contribution < 1.29 is 18.7 Å². The number of nitrogens with one attached hydrogen (secondary N) is 2. The molecule has 2 amide bonds. The van der Waals surface area contributed by atoms with Crippen molar-refractivity contribution in [2.45, 2.75) is 13.5 Å². The van der Waals surface area contributed by atoms with E-state index in [2.05, 4.69) is 10.6 Å². The van der Waals surface area contributed by atoms with Crippen molar-refractivity contribution in [3.05, 3.63) is 101 Å². The van der Waals surface area contributed by atoms with Gasteiger partial charge in [-0.1, -0.05) is 48.5 Å². The van der Waals surface area contributed by atoms with E-state index >= 15 is 0 Å². The van der Waals surface area contributed by atoms with Crippen LogP contribution in [0.15, 0.2) is 83.1 Å². The molecule has 0 unspecified atom stereocenters. The van der Waals surface area contributed by atoms with Crippen molar-refractivity contribution in [1.82, 2.24) is 10.6 Å². The number of rotatable bonds is 9. The number of aryl methyl sites for hydroxylation is 1. The second-order valence-electron chi connectivity index (χ2n) is 6.64. The van der Waals surface area contributed by atoms with Gasteiger partial charge >= 0.3 is 0 Å². The average molecular weight is 404 g/mol. The van der Waals surface area contributed by atoms with Gasteiger partial charge in [0, 0.05) is 18.2 Å². The number of hydrogen-bond donors (Lipinski definition) is 2. The number of carbonyl (C=O) groups excluding carboxylic acids is 2. The largest absolute Gasteiger partial charge is 0.465 e. The Morgan fingerprint density at radius 2 is 1.77 bits per heavy atom. The summed E-state index contributed by atoms with van der Waals surface area (Å²) in [7, 11) is 0. The zero-order valence-electron chi connectivity index (χ0n) is 16.8. The monoisotopic (exact) mass is 404 g/mol. The highest BCUT2D eigenvalue weighted by molar-refractivity contribution is 6.05. The lowest BCUT2D eigenvalue weighted by molar-refractivity contribution is -0.118. The van der Waals surface area contributed by atoms with E-state index in [9.17, 15) is 9.59 Å². The van der Waals surface area contributed by atoms with Crippen LogP contribution in [0.3, 0.4) is 0 Å². The quantitative estimate of drug-likeness (QED) is 0.421. The Hall–Kier alpha value is -3.64. The fourth-order valence-electron chi connectivity index (χ4n) is 2.79. The fraction of sp³-hybridized carbons (Fsp3) is 0.167. The molecule has 0 saturated carbocycles. The summed E-state index contributed by atoms with van der Waals surface area (Å²) in [6.45, 7) is 2.96. The molecule has 0 atom stereocenters. The van der Waals surface area contributed by atoms with Crippen molar-refractivity contribution in [1.29, 1.82) is 0 Å². The van der Waals surface area contributed by atoms with Gasteiger partial charge in [0.15, 0.2) is 0 Å². The SMILES string of the molecule is Cc1ccccc1C(=O)N/C(=C\c1ccco1)C(=O)NCCOCc1ccccc1. The summed E-state index contributed by atoms with van der Waals surface area (Å²) in [4.78, 5) is 25.3. The van der Waals surface area contributed by atoms with Gasteiger partial charge in [-0.05, 0) is 36.2 Å². The van der Waals surface area contributed by atoms with Crippen LogP contribution in [0.25, 0.3) is 6.08 Å². The molecule has 0 bridgehead atoms. The molecule has 2 aromatic carbocycles. The molecule has 0 fully saturated rings. The predicted molar refractivity (Wildman–Crippen MR) is 114 cm³/mol. The third kappa shape index (κ3) is 6.18. The van der Waals surface area contributed by atoms with Gasteiger partial charge in [-0.3, -0.25) is 9.59 Å². The Morgan fingerprint density at radius 1 is 1.00 bits per heavy atom. The van der Waals surface area contributed by atoms with Crippen LogP contribution in [-0.4, -0.2) is 25.0 Å². The predicted octanol–water partition coefficient (Wildman–Crippen LogP) is 3.69. The lowest BCUT2D eigenvalue weighted by atomic mass is 10.1. The van der Waals surface area contributed by atoms with E-state index in [4.69, 9.17) is 9.15 Å². The molecule has 3 rings (SSSR count). The van der Waals surface area contributed by atoms with Gasteiger partial charge in [-0.2, -0.15) is 0 Å². The Morgan fingerprint density at radius 3 is 2.50 bits per heavy atom. The van der Waals surface area contributed by atoms with E-state index in [1.54, 1.807) is 24.3 Å². The summed E-state index contributed by atoms with van der Waals surface area (Å²) in [6, 6.07) is 20.4. The minimum atomic E-state index is -0.420. The smallest absolute Gasteiger partial charge is 0.268 e. The van der Waals surface area contributed by atoms with Crippen LogP contribution in [-0.2, 0) is 16.1 Å². The number of furan rings is 1. The first kappa shape index (κ1) is 21.1. The third-order valence-electron chi connectivity index (χ3n) is 4.36. The minimum Gasteiger partial charge on any atom is -0.465 e. The Kier molecular flexibility index (Phi) is 7.58. The highest BCUT2D eigenvalue weighted by Gasteiger charge is 2.16. The maximum atomic E-state index is 12.7. The lowest BCUT2D eigenvalue weighted by Crippen LogP contribution is -2.36. The molecule has 2 N–H and O–H groups in total. The number of carbonyl (C=O) groups is 2. The van der Waals surface area contributed by atoms with Crippen molar-refractivity contribution in [2.24, 2.45) is 0 Å². The van der Waals surface area contributed by atoms with Crippen molar-refractivity contribution in [3.63, 3.8) is 0 Å². The molecule has 0 aliphatic heterocycles. The number of ether oxygens (including phenoxy) is 1. The van der Waals surface area contributed by atoms with Crippen LogP contribution < -0.4 is 10.6 Å². The summed E-state index contributed by atoms with van der Waals surface area (Å²) in [5.41, 5.74) is 2.48. The molecule has 1 heterocycles. The van der Waals surface area contributed by atoms with Crippen LogP contribution in [0, 0.1) is 6.92 Å². The summed E-state index contributed by atoms with van der Waals surface area (Å²) in [5, 5.41) is 5.45. The molecular formula is C24H24N2O4. The standard InChI is InChI=1S/C24H24N2O4/c1-18-8-5-6-12-21(18)23(27)26-22(16-20-11-7-14-30-20)24(28)25-13-15-29-17-19-9-3-2-4-10-19/h2-12,14,16H,13,15,17H2,1H3,(H,25,28)(H,26,27)/b22-16-. The molecule has 6 nitrogen and oxygen atoms in total. The molecule has 30 heavy (non-hydrogen) atoms. The molecule has 0 aliphatic carbocycles. The topological polar surface area (TPSA) is 80.6 Å². The van der Waals surface area contributed by atoms with E-state index in [1.807, 2.05) is 49.4 Å². The lowest BCUT2D eigenvalue weighted by Gasteiger charge is -2.12. The van der Waals surface area contributed by atoms with E-state index in [1.165, 1.54) is 12.3 Å². The molecule has 3 aromatic rings. The molecule has 6 heteroatoms. The number of amides is 2. The normalized spacial score (nSPS) is 11.2. The second kappa shape index (κ2) is 10.8. The molecule has 0 aliphatic rings. The van der Waals surface area contributed by atoms with Gasteiger partial charge in [0.1, 0.15) is 11.5 Å². The van der Waals surface area contributed by atoms with Gasteiger partial charge in [-0.15, -0.1) is 0 Å². The van der Waals surface area contributed by atoms with E-state index < -0.39 is 5.91 Å². The molecular weight excluding hydrogens is 380 g/mol. The first-order chi connectivity index (χ1) is 14.6. The summed E-state index contributed by atoms with van der Waals surface area (Å²) in [5.74, 6) is -0.316. The molecule has 154 valence electrons. The number of hydrogen-bond acceptors (Lipinski definition) is 4. The first-order valence-electron chi connectivity index (χ1n) is 9.65. The summed E-state index contributed by atoms with van der Waals surface area (Å²) in [6.07, 6.45) is 3.00. The van der Waals surface area contributed by atoms with Crippen molar-refractivity contribution in [2.75, 3.05) is 13.2 Å². The van der Waals surface area contributed by atoms with Gasteiger partial charge in [0.2, 0.25) is 0 Å². The van der Waals surface area contributed by atoms with Crippen LogP contribution in [0.4, 0.5) is 0 Å². The van der Waals surface area contributed by atoms with Gasteiger partial charge < -0.3 is 19.8 Å². The molecule has 0 saturated heterocycles. The fourth-order valence-corrected chi connectivity index (χ4v) is 2.79. The number of benzene rings is 2. The van der Waals surface area contributed by atoms with E-state index in [0.717, 1.165) is 11.1 Å². The second-order valence-corrected chi connectivity index (χ2v) is 6.64. The van der Waals surface area contributed by atoms with Gasteiger partial charge in [0.25, 0.3) is 11.8 Å². The highest BCUT2D eigenvalue weighted by atomic mass is 16.5. The van der Waals surface area contributed by atoms with Crippen LogP contribution in [0.1, 0.15) is 27.2 Å². The maximum absolute atomic E-state index is 12.7. The Labute approximate surface area is 175 Å². The van der Waals surface area contributed by atoms with Gasteiger partial charge in [-0.25, -0.2) is 0 Å². The Balaban J connectivity index is 1.58. The van der Waals surface area contributed by atoms with Crippen molar-refractivity contribution >= 4 is 17.9 Å². The van der Waals surface area contributed by atoms with Crippen LogP contribution in [0.5, 0.6) is 0 Å². The minimum absolute atomic E-state index is 0.0984. The first-order valence-corrected chi connectivity index (χ1v) is 9.65. The average Bonchev–Trinajstić information content (AvgIpc) is 3.27. The van der Waals surface area contributed by atoms with Gasteiger partial charge in [0.05, 0.1) is 19.5 Å². The summed E-state index contributed by atoms with van der Waals surface area (Å²) < 4.78 is 10.9. The summed E-state index contributed by atoms with van der Waals surface area (Å²) >= 11 is 0. The zero-order valence-corrected chi connectivity index (χ0v) is 16.8. The van der Waals surface area contributed by atoms with E-state index in [-0.39, 0.29) is 11.6 Å². The molecule has 0 radical (unpaired) electrons. The molecule has 0 spiro atoms. The molecule has 1 aromatic heterocycles. The van der Waals surface area contributed by atoms with Crippen LogP contribution >= 0.6 is 0 Å². The highest BCUT2D eigenvalue weighted by Crippen LogP contribution is 2.10. The third-order valence-corrected chi connectivity index (χ3v) is 4.36. The van der Waals surface area contributed by atoms with Crippen molar-refractivity contribution in [3.8, 4) is 0 Å². The van der Waals surface area contributed by atoms with Crippen LogP contribution in [0.2, 0.25) is 0 Å². The maximum Gasteiger partial charge on any atom is 0.268 e.